The van der Waals surface area contributed by atoms with Gasteiger partial charge in [0.1, 0.15) is 27.6 Å². The summed E-state index contributed by atoms with van der Waals surface area (Å²) >= 11 is 0. The van der Waals surface area contributed by atoms with Gasteiger partial charge in [0.05, 0.1) is 47.6 Å². The zero-order valence-electron chi connectivity index (χ0n) is 21.8. The summed E-state index contributed by atoms with van der Waals surface area (Å²) in [5, 5.41) is 11.5. The van der Waals surface area contributed by atoms with Gasteiger partial charge in [0.15, 0.2) is 11.5 Å². The predicted molar refractivity (Wildman–Crippen MR) is 148 cm³/mol. The van der Waals surface area contributed by atoms with E-state index in [2.05, 4.69) is 14.1 Å². The van der Waals surface area contributed by atoms with Crippen LogP contribution in [0, 0.1) is 5.92 Å². The molecule has 2 heterocycles. The van der Waals surface area contributed by atoms with Crippen LogP contribution in [0.3, 0.4) is 0 Å². The molecule has 1 aliphatic carbocycles. The van der Waals surface area contributed by atoms with Crippen LogP contribution in [-0.2, 0) is 14.5 Å². The number of para-hydroxylation sites is 4. The van der Waals surface area contributed by atoms with Crippen molar-refractivity contribution in [3.05, 3.63) is 72.8 Å². The molecule has 1 saturated carbocycles. The Morgan fingerprint density at radius 3 is 2.22 bits per heavy atom. The summed E-state index contributed by atoms with van der Waals surface area (Å²) in [7, 11) is -3.25. The number of hydrogen-bond acceptors (Lipinski definition) is 8. The van der Waals surface area contributed by atoms with Crippen molar-refractivity contribution in [1.82, 2.24) is 0 Å². The van der Waals surface area contributed by atoms with Crippen molar-refractivity contribution in [3.8, 4) is 17.2 Å². The van der Waals surface area contributed by atoms with E-state index >= 15 is 0 Å². The van der Waals surface area contributed by atoms with Crippen LogP contribution in [0.25, 0.3) is 0 Å². The molecule has 1 saturated heterocycles. The largest absolute Gasteiger partial charge is 0.573 e. The first-order valence-corrected chi connectivity index (χ1v) is 14.8. The van der Waals surface area contributed by atoms with E-state index in [1.165, 1.54) is 17.7 Å². The minimum absolute atomic E-state index is 0.0955. The number of fused-ring (bicyclic) bond motifs is 2. The van der Waals surface area contributed by atoms with Gasteiger partial charge in [-0.2, -0.15) is 0 Å². The third-order valence-corrected chi connectivity index (χ3v) is 9.07. The van der Waals surface area contributed by atoms with Gasteiger partial charge in [-0.05, 0) is 67.3 Å². The van der Waals surface area contributed by atoms with E-state index in [1.807, 2.05) is 53.4 Å². The Morgan fingerprint density at radius 1 is 0.976 bits per heavy atom. The van der Waals surface area contributed by atoms with E-state index in [1.54, 1.807) is 0 Å². The SMILES string of the molecule is O=S(/C=N\[C@@H]1COC[C@@H](N2c3ccccc3Oc3ccccc32)[C@H]1O)(=NCC1CC1)c1ccc(OC(F)(F)F)cc1. The number of aliphatic imine (C=N–C) groups is 1. The standard InChI is InChI=1S/C29H28F3N3O5S/c30-29(31,32)40-20-11-13-21(14-12-20)41(37,34-15-19-9-10-19)18-33-22-16-38-17-25(28(22)36)35-23-5-1-3-7-26(23)39-27-8-4-2-6-24(27)35/h1-8,11-14,18-19,22,25,28,36H,9-10,15-17H2/b33-18-/t22-,25-,28+,41?/m1/s1. The maximum Gasteiger partial charge on any atom is 0.573 e. The van der Waals surface area contributed by atoms with Crippen molar-refractivity contribution in [2.75, 3.05) is 24.7 Å². The van der Waals surface area contributed by atoms with Crippen LogP contribution >= 0.6 is 0 Å². The molecule has 2 fully saturated rings. The molecule has 3 aromatic rings. The number of alkyl halides is 3. The van der Waals surface area contributed by atoms with Gasteiger partial charge in [0.2, 0.25) is 0 Å². The second-order valence-corrected chi connectivity index (χ2v) is 12.2. The maximum absolute atomic E-state index is 14.0. The third-order valence-electron chi connectivity index (χ3n) is 7.18. The van der Waals surface area contributed by atoms with E-state index in [-0.39, 0.29) is 18.1 Å². The molecule has 4 atom stereocenters. The molecular weight excluding hydrogens is 559 g/mol. The van der Waals surface area contributed by atoms with E-state index in [0.717, 1.165) is 36.3 Å². The molecule has 8 nitrogen and oxygen atoms in total. The van der Waals surface area contributed by atoms with Crippen molar-refractivity contribution in [2.45, 2.75) is 42.3 Å². The smallest absolute Gasteiger partial charge is 0.453 e. The average Bonchev–Trinajstić information content (AvgIpc) is 3.79. The van der Waals surface area contributed by atoms with Gasteiger partial charge >= 0.3 is 6.36 Å². The van der Waals surface area contributed by atoms with Gasteiger partial charge in [-0.1, -0.05) is 24.3 Å². The molecule has 216 valence electrons. The van der Waals surface area contributed by atoms with Gasteiger partial charge in [-0.3, -0.25) is 4.99 Å². The van der Waals surface area contributed by atoms with E-state index < -0.39 is 40.0 Å². The van der Waals surface area contributed by atoms with Crippen molar-refractivity contribution in [2.24, 2.45) is 15.3 Å². The lowest BCUT2D eigenvalue weighted by atomic mass is 9.98. The summed E-state index contributed by atoms with van der Waals surface area (Å²) in [5.41, 5.74) is 2.76. The molecule has 2 aliphatic heterocycles. The number of hydrogen-bond donors (Lipinski definition) is 1. The van der Waals surface area contributed by atoms with Crippen LogP contribution in [0.4, 0.5) is 24.5 Å². The maximum atomic E-state index is 14.0. The van der Waals surface area contributed by atoms with Crippen LogP contribution in [0.5, 0.6) is 17.2 Å². The van der Waals surface area contributed by atoms with Gasteiger partial charge < -0.3 is 24.2 Å². The normalized spacial score (nSPS) is 23.7. The zero-order valence-corrected chi connectivity index (χ0v) is 22.6. The summed E-state index contributed by atoms with van der Waals surface area (Å²) in [6, 6.07) is 18.5. The highest BCUT2D eigenvalue weighted by Gasteiger charge is 2.40. The van der Waals surface area contributed by atoms with Gasteiger partial charge in [-0.25, -0.2) is 8.57 Å². The molecule has 1 N–H and O–H groups in total. The number of benzene rings is 3. The molecule has 0 radical (unpaired) electrons. The molecule has 0 spiro atoms. The van der Waals surface area contributed by atoms with Gasteiger partial charge in [0, 0.05) is 0 Å². The van der Waals surface area contributed by atoms with Crippen LogP contribution in [0.2, 0.25) is 0 Å². The van der Waals surface area contributed by atoms with E-state index in [9.17, 15) is 22.5 Å². The second-order valence-electron chi connectivity index (χ2n) is 10.2. The van der Waals surface area contributed by atoms with Crippen molar-refractivity contribution in [3.63, 3.8) is 0 Å². The quantitative estimate of drug-likeness (QED) is 0.273. The molecule has 3 aliphatic rings. The zero-order chi connectivity index (χ0) is 28.6. The summed E-state index contributed by atoms with van der Waals surface area (Å²) in [6.07, 6.45) is -3.88. The summed E-state index contributed by atoms with van der Waals surface area (Å²) in [5.74, 6) is 1.19. The minimum atomic E-state index is -4.84. The van der Waals surface area contributed by atoms with Crippen molar-refractivity contribution < 1.29 is 36.7 Å². The molecule has 41 heavy (non-hydrogen) atoms. The molecule has 3 aromatic carbocycles. The fraction of sp³-hybridized carbons (Fsp3) is 0.345. The van der Waals surface area contributed by atoms with Crippen molar-refractivity contribution in [1.29, 1.82) is 0 Å². The number of anilines is 2. The Bertz CT molecular complexity index is 1510. The van der Waals surface area contributed by atoms with Crippen LogP contribution < -0.4 is 14.4 Å². The number of halogens is 3. The summed E-state index contributed by atoms with van der Waals surface area (Å²) in [4.78, 5) is 6.70. The van der Waals surface area contributed by atoms with Gasteiger partial charge in [-0.15, -0.1) is 13.2 Å². The summed E-state index contributed by atoms with van der Waals surface area (Å²) in [6.45, 7) is 0.662. The van der Waals surface area contributed by atoms with E-state index in [4.69, 9.17) is 9.47 Å². The first-order valence-electron chi connectivity index (χ1n) is 13.2. The fourth-order valence-electron chi connectivity index (χ4n) is 4.89. The number of rotatable bonds is 7. The molecule has 12 heteroatoms. The first-order chi connectivity index (χ1) is 19.7. The molecule has 0 aromatic heterocycles. The van der Waals surface area contributed by atoms with Crippen LogP contribution in [-0.4, -0.2) is 59.2 Å². The lowest BCUT2D eigenvalue weighted by Gasteiger charge is -2.43. The lowest BCUT2D eigenvalue weighted by molar-refractivity contribution is -0.274. The van der Waals surface area contributed by atoms with Crippen LogP contribution in [0.15, 0.2) is 87.0 Å². The van der Waals surface area contributed by atoms with Gasteiger partial charge in [0.25, 0.3) is 0 Å². The van der Waals surface area contributed by atoms with E-state index in [0.29, 0.717) is 24.0 Å². The summed E-state index contributed by atoms with van der Waals surface area (Å²) < 4.78 is 72.3. The highest BCUT2D eigenvalue weighted by atomic mass is 32.2. The number of nitrogens with zero attached hydrogens (tertiary/aromatic N) is 3. The Hall–Kier alpha value is -3.61. The Labute approximate surface area is 235 Å². The molecule has 0 amide bonds. The Morgan fingerprint density at radius 2 is 1.61 bits per heavy atom. The molecule has 0 bridgehead atoms. The topological polar surface area (TPSA) is 93.0 Å². The minimum Gasteiger partial charge on any atom is -0.453 e. The molecule has 1 unspecified atom stereocenters. The lowest BCUT2D eigenvalue weighted by Crippen LogP contribution is -2.54. The number of ether oxygens (including phenoxy) is 3. The highest BCUT2D eigenvalue weighted by Crippen LogP contribution is 2.48. The Balaban J connectivity index is 1.29. The number of aliphatic hydroxyl groups excluding tert-OH is 1. The molecule has 6 rings (SSSR count). The fourth-order valence-corrected chi connectivity index (χ4v) is 6.51. The predicted octanol–water partition coefficient (Wildman–Crippen LogP) is 5.92. The first kappa shape index (κ1) is 27.6. The van der Waals surface area contributed by atoms with Crippen molar-refractivity contribution >= 4 is 26.7 Å². The highest BCUT2D eigenvalue weighted by molar-refractivity contribution is 8.06. The average molecular weight is 588 g/mol. The Kier molecular flexibility index (Phi) is 7.39. The second kappa shape index (κ2) is 11.0. The molecular formula is C29H28F3N3O5S. The third kappa shape index (κ3) is 6.04. The van der Waals surface area contributed by atoms with Crippen LogP contribution in [0.1, 0.15) is 12.8 Å². The monoisotopic (exact) mass is 587 g/mol. The number of aliphatic hydroxyl groups is 1.